The molecule has 3 aromatic rings. The van der Waals surface area contributed by atoms with Crippen LogP contribution in [0.15, 0.2) is 18.2 Å². The van der Waals surface area contributed by atoms with Crippen LogP contribution in [-0.2, 0) is 17.6 Å². The second kappa shape index (κ2) is 8.74. The first-order valence-electron chi connectivity index (χ1n) is 12.0. The van der Waals surface area contributed by atoms with E-state index in [0.717, 1.165) is 80.9 Å². The van der Waals surface area contributed by atoms with Crippen molar-refractivity contribution >= 4 is 11.5 Å². The molecule has 32 heavy (non-hydrogen) atoms. The zero-order chi connectivity index (χ0) is 22.2. The van der Waals surface area contributed by atoms with E-state index in [1.807, 2.05) is 6.07 Å². The van der Waals surface area contributed by atoms with Crippen molar-refractivity contribution < 1.29 is 9.47 Å². The molecular weight excluding hydrogens is 400 g/mol. The Morgan fingerprint density at radius 2 is 2.09 bits per heavy atom. The molecular formula is C26H34N4O2. The molecule has 0 radical (unpaired) electrons. The minimum Gasteiger partial charge on any atom is -0.497 e. The summed E-state index contributed by atoms with van der Waals surface area (Å²) in [5, 5.41) is 5.07. The highest BCUT2D eigenvalue weighted by Gasteiger charge is 2.29. The molecule has 170 valence electrons. The SMILES string of the molecule is CCCN(CC1CCCO1)c1c2c(nc3c(-c4ccc(OC)cc4C)c(C)nn13)CCC2. The van der Waals surface area contributed by atoms with Crippen LogP contribution in [0.2, 0.25) is 0 Å². The number of aryl methyl sites for hydroxylation is 3. The van der Waals surface area contributed by atoms with Crippen LogP contribution in [-0.4, -0.2) is 47.5 Å². The highest BCUT2D eigenvalue weighted by molar-refractivity contribution is 5.83. The van der Waals surface area contributed by atoms with Crippen molar-refractivity contribution in [3.63, 3.8) is 0 Å². The third kappa shape index (κ3) is 3.64. The predicted molar refractivity (Wildman–Crippen MR) is 128 cm³/mol. The highest BCUT2D eigenvalue weighted by Crippen LogP contribution is 2.38. The summed E-state index contributed by atoms with van der Waals surface area (Å²) in [6.45, 7) is 9.30. The Morgan fingerprint density at radius 3 is 2.81 bits per heavy atom. The Labute approximate surface area is 190 Å². The lowest BCUT2D eigenvalue weighted by atomic mass is 10.0. The molecule has 1 aliphatic heterocycles. The number of hydrogen-bond acceptors (Lipinski definition) is 5. The van der Waals surface area contributed by atoms with Crippen LogP contribution >= 0.6 is 0 Å². The number of nitrogens with zero attached hydrogens (tertiary/aromatic N) is 4. The summed E-state index contributed by atoms with van der Waals surface area (Å²) in [6, 6.07) is 6.26. The lowest BCUT2D eigenvalue weighted by molar-refractivity contribution is 0.115. The molecule has 1 aromatic carbocycles. The van der Waals surface area contributed by atoms with Crippen molar-refractivity contribution in [3.8, 4) is 16.9 Å². The van der Waals surface area contributed by atoms with E-state index >= 15 is 0 Å². The minimum atomic E-state index is 0.307. The fourth-order valence-corrected chi connectivity index (χ4v) is 5.39. The average Bonchev–Trinajstić information content (AvgIpc) is 3.52. The summed E-state index contributed by atoms with van der Waals surface area (Å²) >= 11 is 0. The largest absolute Gasteiger partial charge is 0.497 e. The fraction of sp³-hybridized carbons (Fsp3) is 0.538. The summed E-state index contributed by atoms with van der Waals surface area (Å²) in [7, 11) is 1.71. The molecule has 0 N–H and O–H groups in total. The van der Waals surface area contributed by atoms with Gasteiger partial charge in [0.15, 0.2) is 5.65 Å². The van der Waals surface area contributed by atoms with Gasteiger partial charge in [0.1, 0.15) is 11.6 Å². The van der Waals surface area contributed by atoms with E-state index in [1.165, 1.54) is 28.2 Å². The van der Waals surface area contributed by atoms with Crippen molar-refractivity contribution in [1.82, 2.24) is 14.6 Å². The van der Waals surface area contributed by atoms with E-state index in [-0.39, 0.29) is 0 Å². The van der Waals surface area contributed by atoms with Crippen molar-refractivity contribution in [2.45, 2.75) is 65.4 Å². The maximum Gasteiger partial charge on any atom is 0.165 e. The molecule has 1 fully saturated rings. The van der Waals surface area contributed by atoms with E-state index in [1.54, 1.807) is 7.11 Å². The number of ether oxygens (including phenoxy) is 2. The molecule has 0 amide bonds. The molecule has 0 spiro atoms. The van der Waals surface area contributed by atoms with Crippen LogP contribution < -0.4 is 9.64 Å². The lowest BCUT2D eigenvalue weighted by Gasteiger charge is -2.29. The number of fused-ring (bicyclic) bond motifs is 2. The third-order valence-electron chi connectivity index (χ3n) is 6.88. The maximum atomic E-state index is 6.02. The van der Waals surface area contributed by atoms with Crippen LogP contribution in [0.3, 0.4) is 0 Å². The van der Waals surface area contributed by atoms with Gasteiger partial charge in [-0.15, -0.1) is 0 Å². The summed E-state index contributed by atoms with van der Waals surface area (Å²) in [5.41, 5.74) is 8.10. The topological polar surface area (TPSA) is 51.9 Å². The third-order valence-corrected chi connectivity index (χ3v) is 6.88. The molecule has 3 heterocycles. The van der Waals surface area contributed by atoms with Gasteiger partial charge in [-0.05, 0) is 75.6 Å². The van der Waals surface area contributed by atoms with E-state index in [2.05, 4.69) is 42.3 Å². The standard InChI is InChI=1S/C26H34N4O2/c1-5-13-29(16-20-8-7-14-32-20)26-22-9-6-10-23(22)27-25-24(18(3)28-30(25)26)21-12-11-19(31-4)15-17(21)2/h11-12,15,20H,5-10,13-14,16H2,1-4H3. The van der Waals surface area contributed by atoms with E-state index in [9.17, 15) is 0 Å². The smallest absolute Gasteiger partial charge is 0.165 e. The molecule has 1 saturated heterocycles. The Kier molecular flexibility index (Phi) is 5.80. The minimum absolute atomic E-state index is 0.307. The van der Waals surface area contributed by atoms with Crippen molar-refractivity contribution in [2.75, 3.05) is 31.7 Å². The van der Waals surface area contributed by atoms with Gasteiger partial charge in [0.05, 0.1) is 18.9 Å². The first kappa shape index (κ1) is 21.3. The first-order chi connectivity index (χ1) is 15.6. The second-order valence-corrected chi connectivity index (χ2v) is 9.17. The molecule has 1 aliphatic carbocycles. The van der Waals surface area contributed by atoms with Gasteiger partial charge in [0.25, 0.3) is 0 Å². The Balaban J connectivity index is 1.69. The van der Waals surface area contributed by atoms with Crippen LogP contribution in [0.25, 0.3) is 16.8 Å². The van der Waals surface area contributed by atoms with Crippen LogP contribution in [0.4, 0.5) is 5.82 Å². The van der Waals surface area contributed by atoms with Crippen LogP contribution in [0.1, 0.15) is 55.1 Å². The van der Waals surface area contributed by atoms with Crippen molar-refractivity contribution in [1.29, 1.82) is 0 Å². The highest BCUT2D eigenvalue weighted by atomic mass is 16.5. The Bertz CT molecular complexity index is 1130. The summed E-state index contributed by atoms with van der Waals surface area (Å²) < 4.78 is 13.6. The maximum absolute atomic E-state index is 6.02. The number of aromatic nitrogens is 3. The number of hydrogen-bond donors (Lipinski definition) is 0. The molecule has 1 unspecified atom stereocenters. The normalized spacial score (nSPS) is 17.8. The van der Waals surface area contributed by atoms with Crippen molar-refractivity contribution in [3.05, 3.63) is 40.7 Å². The van der Waals surface area contributed by atoms with Gasteiger partial charge in [0, 0.05) is 36.5 Å². The van der Waals surface area contributed by atoms with E-state index in [4.69, 9.17) is 19.6 Å². The van der Waals surface area contributed by atoms with Crippen LogP contribution in [0, 0.1) is 13.8 Å². The van der Waals surface area contributed by atoms with Gasteiger partial charge in [-0.3, -0.25) is 0 Å². The van der Waals surface area contributed by atoms with Crippen molar-refractivity contribution in [2.24, 2.45) is 0 Å². The molecule has 5 rings (SSSR count). The quantitative estimate of drug-likeness (QED) is 0.529. The number of methoxy groups -OCH3 is 1. The second-order valence-electron chi connectivity index (χ2n) is 9.17. The molecule has 0 bridgehead atoms. The first-order valence-corrected chi connectivity index (χ1v) is 12.0. The molecule has 6 heteroatoms. The molecule has 6 nitrogen and oxygen atoms in total. The van der Waals surface area contributed by atoms with Gasteiger partial charge in [0.2, 0.25) is 0 Å². The van der Waals surface area contributed by atoms with E-state index in [0.29, 0.717) is 6.10 Å². The molecule has 1 atom stereocenters. The Morgan fingerprint density at radius 1 is 1.22 bits per heavy atom. The number of anilines is 1. The van der Waals surface area contributed by atoms with E-state index < -0.39 is 0 Å². The zero-order valence-electron chi connectivity index (χ0n) is 19.8. The fourth-order valence-electron chi connectivity index (χ4n) is 5.39. The van der Waals surface area contributed by atoms with Gasteiger partial charge in [-0.2, -0.15) is 9.61 Å². The Hall–Kier alpha value is -2.60. The number of benzene rings is 1. The molecule has 2 aliphatic rings. The zero-order valence-corrected chi connectivity index (χ0v) is 19.8. The average molecular weight is 435 g/mol. The van der Waals surface area contributed by atoms with Gasteiger partial charge in [-0.25, -0.2) is 4.98 Å². The number of rotatable bonds is 7. The van der Waals surface area contributed by atoms with Gasteiger partial charge < -0.3 is 14.4 Å². The van der Waals surface area contributed by atoms with Crippen LogP contribution in [0.5, 0.6) is 5.75 Å². The van der Waals surface area contributed by atoms with Gasteiger partial charge in [-0.1, -0.05) is 13.0 Å². The molecule has 0 saturated carbocycles. The summed E-state index contributed by atoms with van der Waals surface area (Å²) in [4.78, 5) is 7.70. The molecule has 2 aromatic heterocycles. The summed E-state index contributed by atoms with van der Waals surface area (Å²) in [6.07, 6.45) is 7.00. The summed E-state index contributed by atoms with van der Waals surface area (Å²) in [5.74, 6) is 2.11. The predicted octanol–water partition coefficient (Wildman–Crippen LogP) is 4.91. The van der Waals surface area contributed by atoms with Gasteiger partial charge >= 0.3 is 0 Å². The monoisotopic (exact) mass is 434 g/mol. The lowest BCUT2D eigenvalue weighted by Crippen LogP contribution is -2.35.